The molecule has 6 heteroatoms. The van der Waals surface area contributed by atoms with Crippen LogP contribution in [0.4, 0.5) is 5.69 Å². The van der Waals surface area contributed by atoms with Crippen molar-refractivity contribution in [3.8, 4) is 0 Å². The summed E-state index contributed by atoms with van der Waals surface area (Å²) in [6.45, 7) is 5.44. The van der Waals surface area contributed by atoms with Gasteiger partial charge < -0.3 is 9.64 Å². The number of para-hydroxylation sites is 1. The third-order valence-corrected chi connectivity index (χ3v) is 6.59. The van der Waals surface area contributed by atoms with E-state index in [-0.39, 0.29) is 0 Å². The van der Waals surface area contributed by atoms with Gasteiger partial charge in [-0.25, -0.2) is 8.42 Å². The molecule has 3 rings (SSSR count). The topological polar surface area (TPSA) is 49.9 Å². The molecule has 140 valence electrons. The highest BCUT2D eigenvalue weighted by atomic mass is 32.2. The fourth-order valence-electron chi connectivity index (χ4n) is 3.16. The number of morpholine rings is 1. The van der Waals surface area contributed by atoms with E-state index in [2.05, 4.69) is 17.9 Å². The number of anilines is 1. The maximum absolute atomic E-state index is 12.9. The summed E-state index contributed by atoms with van der Waals surface area (Å²) in [6, 6.07) is 15.1. The summed E-state index contributed by atoms with van der Waals surface area (Å²) in [5, 5.41) is 0. The van der Waals surface area contributed by atoms with Crippen molar-refractivity contribution < 1.29 is 13.2 Å². The lowest BCUT2D eigenvalue weighted by molar-refractivity contribution is 0.122. The Bertz CT molecular complexity index is 828. The summed E-state index contributed by atoms with van der Waals surface area (Å²) >= 11 is 0. The summed E-state index contributed by atoms with van der Waals surface area (Å²) in [5.41, 5.74) is 3.22. The molecule has 0 unspecified atom stereocenters. The Kier molecular flexibility index (Phi) is 5.96. The highest BCUT2D eigenvalue weighted by Crippen LogP contribution is 2.25. The first-order valence-corrected chi connectivity index (χ1v) is 10.4. The van der Waals surface area contributed by atoms with Crippen molar-refractivity contribution in [1.82, 2.24) is 4.31 Å². The number of benzene rings is 2. The molecule has 0 radical (unpaired) electrons. The Balaban J connectivity index is 1.81. The zero-order chi connectivity index (χ0) is 18.6. The van der Waals surface area contributed by atoms with Gasteiger partial charge in [0.05, 0.1) is 18.1 Å². The standard InChI is InChI=1S/C20H26N2O3S/c1-3-17-8-10-19(11-9-17)26(23,24)21(2)16-18-6-4-5-7-20(18)22-12-14-25-15-13-22/h4-11H,3,12-16H2,1-2H3. The minimum atomic E-state index is -3.52. The van der Waals surface area contributed by atoms with E-state index >= 15 is 0 Å². The van der Waals surface area contributed by atoms with E-state index < -0.39 is 10.0 Å². The third-order valence-electron chi connectivity index (χ3n) is 4.78. The number of ether oxygens (including phenoxy) is 1. The van der Waals surface area contributed by atoms with Gasteiger partial charge in [0.2, 0.25) is 10.0 Å². The molecule has 2 aromatic rings. The van der Waals surface area contributed by atoms with Crippen LogP contribution in [-0.4, -0.2) is 46.1 Å². The smallest absolute Gasteiger partial charge is 0.243 e. The fraction of sp³-hybridized carbons (Fsp3) is 0.400. The molecule has 0 N–H and O–H groups in total. The highest BCUT2D eigenvalue weighted by molar-refractivity contribution is 7.89. The van der Waals surface area contributed by atoms with Gasteiger partial charge in [0.1, 0.15) is 0 Å². The Morgan fingerprint density at radius 1 is 1.04 bits per heavy atom. The Labute approximate surface area is 156 Å². The molecule has 0 saturated carbocycles. The predicted octanol–water partition coefficient (Wildman–Crippen LogP) is 2.91. The van der Waals surface area contributed by atoms with Crippen molar-refractivity contribution in [2.75, 3.05) is 38.3 Å². The van der Waals surface area contributed by atoms with E-state index in [0.717, 1.165) is 36.3 Å². The maximum atomic E-state index is 12.9. The molecule has 1 aliphatic heterocycles. The fourth-order valence-corrected chi connectivity index (χ4v) is 4.31. The van der Waals surface area contributed by atoms with Crippen LogP contribution in [0.2, 0.25) is 0 Å². The third kappa shape index (κ3) is 4.09. The largest absolute Gasteiger partial charge is 0.378 e. The molecule has 5 nitrogen and oxygen atoms in total. The number of rotatable bonds is 6. The van der Waals surface area contributed by atoms with Crippen molar-refractivity contribution in [1.29, 1.82) is 0 Å². The second-order valence-corrected chi connectivity index (χ2v) is 8.53. The molecule has 26 heavy (non-hydrogen) atoms. The van der Waals surface area contributed by atoms with Gasteiger partial charge in [-0.1, -0.05) is 37.3 Å². The zero-order valence-electron chi connectivity index (χ0n) is 15.4. The number of aryl methyl sites for hydroxylation is 1. The molecule has 0 amide bonds. The van der Waals surface area contributed by atoms with Crippen molar-refractivity contribution in [3.05, 3.63) is 59.7 Å². The Hall–Kier alpha value is -1.89. The van der Waals surface area contributed by atoms with Gasteiger partial charge in [-0.15, -0.1) is 0 Å². The number of hydrogen-bond acceptors (Lipinski definition) is 4. The van der Waals surface area contributed by atoms with Crippen LogP contribution in [0.15, 0.2) is 53.4 Å². The predicted molar refractivity (Wildman–Crippen MR) is 104 cm³/mol. The number of sulfonamides is 1. The molecule has 1 fully saturated rings. The van der Waals surface area contributed by atoms with E-state index in [1.807, 2.05) is 30.3 Å². The average Bonchev–Trinajstić information content (AvgIpc) is 2.69. The lowest BCUT2D eigenvalue weighted by atomic mass is 10.1. The zero-order valence-corrected chi connectivity index (χ0v) is 16.2. The minimum Gasteiger partial charge on any atom is -0.378 e. The molecule has 0 bridgehead atoms. The van der Waals surface area contributed by atoms with Crippen molar-refractivity contribution in [2.24, 2.45) is 0 Å². The van der Waals surface area contributed by atoms with Crippen LogP contribution in [0.5, 0.6) is 0 Å². The molecule has 0 aromatic heterocycles. The van der Waals surface area contributed by atoms with Crippen molar-refractivity contribution in [2.45, 2.75) is 24.8 Å². The molecule has 0 aliphatic carbocycles. The van der Waals surface area contributed by atoms with Crippen molar-refractivity contribution in [3.63, 3.8) is 0 Å². The molecule has 1 saturated heterocycles. The van der Waals surface area contributed by atoms with Gasteiger partial charge in [-0.05, 0) is 35.7 Å². The van der Waals surface area contributed by atoms with E-state index in [0.29, 0.717) is 24.7 Å². The molecule has 2 aromatic carbocycles. The summed E-state index contributed by atoms with van der Waals surface area (Å²) in [7, 11) is -1.88. The molecule has 1 aliphatic rings. The Morgan fingerprint density at radius 2 is 1.69 bits per heavy atom. The van der Waals surface area contributed by atoms with Gasteiger partial charge in [0.15, 0.2) is 0 Å². The lowest BCUT2D eigenvalue weighted by Crippen LogP contribution is -2.37. The van der Waals surface area contributed by atoms with Gasteiger partial charge in [-0.2, -0.15) is 4.31 Å². The second kappa shape index (κ2) is 8.20. The van der Waals surface area contributed by atoms with E-state index in [1.54, 1.807) is 19.2 Å². The molecular formula is C20H26N2O3S. The van der Waals surface area contributed by atoms with E-state index in [4.69, 9.17) is 4.74 Å². The van der Waals surface area contributed by atoms with Crippen LogP contribution in [0.3, 0.4) is 0 Å². The first-order chi connectivity index (χ1) is 12.5. The second-order valence-electron chi connectivity index (χ2n) is 6.49. The van der Waals surface area contributed by atoms with Gasteiger partial charge >= 0.3 is 0 Å². The van der Waals surface area contributed by atoms with Crippen LogP contribution in [0.1, 0.15) is 18.1 Å². The monoisotopic (exact) mass is 374 g/mol. The highest BCUT2D eigenvalue weighted by Gasteiger charge is 2.23. The minimum absolute atomic E-state index is 0.334. The Morgan fingerprint density at radius 3 is 2.35 bits per heavy atom. The van der Waals surface area contributed by atoms with Gasteiger partial charge in [0, 0.05) is 32.4 Å². The van der Waals surface area contributed by atoms with Crippen LogP contribution >= 0.6 is 0 Å². The molecular weight excluding hydrogens is 348 g/mol. The number of nitrogens with zero attached hydrogens (tertiary/aromatic N) is 2. The normalized spacial score (nSPS) is 15.4. The summed E-state index contributed by atoms with van der Waals surface area (Å²) in [5.74, 6) is 0. The van der Waals surface area contributed by atoms with Gasteiger partial charge in [0.25, 0.3) is 0 Å². The van der Waals surface area contributed by atoms with Crippen LogP contribution in [0, 0.1) is 0 Å². The first-order valence-electron chi connectivity index (χ1n) is 8.98. The molecule has 0 atom stereocenters. The summed E-state index contributed by atoms with van der Waals surface area (Å²) in [4.78, 5) is 2.59. The van der Waals surface area contributed by atoms with Crippen LogP contribution in [-0.2, 0) is 27.7 Å². The first kappa shape index (κ1) is 18.9. The maximum Gasteiger partial charge on any atom is 0.243 e. The van der Waals surface area contributed by atoms with Crippen molar-refractivity contribution >= 4 is 15.7 Å². The summed E-state index contributed by atoms with van der Waals surface area (Å²) in [6.07, 6.45) is 0.892. The SMILES string of the molecule is CCc1ccc(S(=O)(=O)N(C)Cc2ccccc2N2CCOCC2)cc1. The lowest BCUT2D eigenvalue weighted by Gasteiger charge is -2.31. The molecule has 0 spiro atoms. The number of hydrogen-bond donors (Lipinski definition) is 0. The van der Waals surface area contributed by atoms with E-state index in [1.165, 1.54) is 4.31 Å². The van der Waals surface area contributed by atoms with Gasteiger partial charge in [-0.3, -0.25) is 0 Å². The molecule has 1 heterocycles. The van der Waals surface area contributed by atoms with Crippen LogP contribution in [0.25, 0.3) is 0 Å². The van der Waals surface area contributed by atoms with E-state index in [9.17, 15) is 8.42 Å². The summed E-state index contributed by atoms with van der Waals surface area (Å²) < 4.78 is 32.7. The average molecular weight is 375 g/mol. The quantitative estimate of drug-likeness (QED) is 0.780. The van der Waals surface area contributed by atoms with Crippen LogP contribution < -0.4 is 4.90 Å².